The molecule has 0 radical (unpaired) electrons. The fraction of sp³-hybridized carbons (Fsp3) is 0.933. The summed E-state index contributed by atoms with van der Waals surface area (Å²) in [4.78, 5) is 19.8. The van der Waals surface area contributed by atoms with Gasteiger partial charge in [-0.15, -0.1) is 0 Å². The molecule has 3 rings (SSSR count). The van der Waals surface area contributed by atoms with Gasteiger partial charge in [0.2, 0.25) is 5.91 Å². The Bertz CT molecular complexity index is 356. The highest BCUT2D eigenvalue weighted by atomic mass is 16.2. The van der Waals surface area contributed by atoms with Crippen molar-refractivity contribution in [3.63, 3.8) is 0 Å². The zero-order valence-electron chi connectivity index (χ0n) is 12.8. The average molecular weight is 280 g/mol. The molecular weight excluding hydrogens is 252 g/mol. The number of nitrogens with zero attached hydrogens (tertiary/aromatic N) is 3. The van der Waals surface area contributed by atoms with Crippen LogP contribution in [0.15, 0.2) is 0 Å². The van der Waals surface area contributed by atoms with Gasteiger partial charge in [-0.05, 0) is 33.2 Å². The predicted octanol–water partition coefficient (Wildman–Crippen LogP) is -0.0248. The van der Waals surface area contributed by atoms with Gasteiger partial charge in [0.15, 0.2) is 0 Å². The molecule has 20 heavy (non-hydrogen) atoms. The fourth-order valence-electron chi connectivity index (χ4n) is 4.04. The third kappa shape index (κ3) is 2.71. The second-order valence-electron chi connectivity index (χ2n) is 6.59. The second kappa shape index (κ2) is 6.00. The van der Waals surface area contributed by atoms with Crippen molar-refractivity contribution in [2.75, 3.05) is 45.8 Å². The van der Waals surface area contributed by atoms with E-state index in [1.54, 1.807) is 0 Å². The molecule has 3 unspecified atom stereocenters. The van der Waals surface area contributed by atoms with E-state index >= 15 is 0 Å². The maximum absolute atomic E-state index is 12.7. The topological polar surface area (TPSA) is 38.8 Å². The van der Waals surface area contributed by atoms with Crippen LogP contribution in [0.25, 0.3) is 0 Å². The minimum Gasteiger partial charge on any atom is -0.339 e. The van der Waals surface area contributed by atoms with Crippen LogP contribution in [0.4, 0.5) is 0 Å². The van der Waals surface area contributed by atoms with Crippen LogP contribution in [0, 0.1) is 0 Å². The van der Waals surface area contributed by atoms with Crippen molar-refractivity contribution in [1.29, 1.82) is 0 Å². The fourth-order valence-corrected chi connectivity index (χ4v) is 4.04. The normalized spacial score (nSPS) is 34.0. The summed E-state index contributed by atoms with van der Waals surface area (Å²) >= 11 is 0. The molecule has 114 valence electrons. The summed E-state index contributed by atoms with van der Waals surface area (Å²) in [7, 11) is 0. The van der Waals surface area contributed by atoms with Crippen molar-refractivity contribution < 1.29 is 4.79 Å². The molecule has 3 aliphatic rings. The lowest BCUT2D eigenvalue weighted by molar-refractivity contribution is -0.139. The van der Waals surface area contributed by atoms with Crippen molar-refractivity contribution in [2.24, 2.45) is 0 Å². The van der Waals surface area contributed by atoms with Gasteiger partial charge in [-0.3, -0.25) is 14.6 Å². The molecule has 0 aromatic carbocycles. The molecule has 3 atom stereocenters. The van der Waals surface area contributed by atoms with Gasteiger partial charge in [0.25, 0.3) is 0 Å². The first-order valence-electron chi connectivity index (χ1n) is 8.16. The number of piperazine rings is 2. The maximum Gasteiger partial charge on any atom is 0.239 e. The highest BCUT2D eigenvalue weighted by Gasteiger charge is 2.38. The highest BCUT2D eigenvalue weighted by molar-refractivity contribution is 5.81. The van der Waals surface area contributed by atoms with Gasteiger partial charge in [-0.1, -0.05) is 0 Å². The molecule has 3 fully saturated rings. The summed E-state index contributed by atoms with van der Waals surface area (Å²) in [5.74, 6) is 0.324. The first-order valence-corrected chi connectivity index (χ1v) is 8.16. The quantitative estimate of drug-likeness (QED) is 0.771. The standard InChI is InChI=1S/C15H28N4O/c1-12-10-18-7-3-4-14(18)11-19(12)13(2)15(20)17-8-5-16-6-9-17/h12-14,16H,3-11H2,1-2H3. The number of amides is 1. The molecule has 3 heterocycles. The van der Waals surface area contributed by atoms with Crippen LogP contribution in [0.5, 0.6) is 0 Å². The first-order chi connectivity index (χ1) is 9.66. The molecular formula is C15H28N4O. The Morgan fingerprint density at radius 3 is 2.70 bits per heavy atom. The summed E-state index contributed by atoms with van der Waals surface area (Å²) in [5.41, 5.74) is 0. The molecule has 0 bridgehead atoms. The molecule has 0 aliphatic carbocycles. The molecule has 0 spiro atoms. The summed E-state index contributed by atoms with van der Waals surface area (Å²) in [5, 5.41) is 3.31. The van der Waals surface area contributed by atoms with E-state index < -0.39 is 0 Å². The lowest BCUT2D eigenvalue weighted by Gasteiger charge is -2.45. The van der Waals surface area contributed by atoms with E-state index in [1.807, 2.05) is 4.90 Å². The lowest BCUT2D eigenvalue weighted by Crippen LogP contribution is -2.61. The van der Waals surface area contributed by atoms with Crippen molar-refractivity contribution in [1.82, 2.24) is 20.0 Å². The zero-order valence-corrected chi connectivity index (χ0v) is 12.8. The first kappa shape index (κ1) is 14.3. The second-order valence-corrected chi connectivity index (χ2v) is 6.59. The van der Waals surface area contributed by atoms with Gasteiger partial charge < -0.3 is 10.2 Å². The van der Waals surface area contributed by atoms with Gasteiger partial charge in [0.1, 0.15) is 0 Å². The van der Waals surface area contributed by atoms with E-state index in [-0.39, 0.29) is 6.04 Å². The third-order valence-corrected chi connectivity index (χ3v) is 5.27. The van der Waals surface area contributed by atoms with E-state index in [2.05, 4.69) is 29.0 Å². The Hall–Kier alpha value is -0.650. The molecule has 3 saturated heterocycles. The maximum atomic E-state index is 12.7. The highest BCUT2D eigenvalue weighted by Crippen LogP contribution is 2.26. The molecule has 0 saturated carbocycles. The smallest absolute Gasteiger partial charge is 0.239 e. The van der Waals surface area contributed by atoms with Gasteiger partial charge >= 0.3 is 0 Å². The van der Waals surface area contributed by atoms with Crippen molar-refractivity contribution in [3.8, 4) is 0 Å². The van der Waals surface area contributed by atoms with Crippen molar-refractivity contribution in [2.45, 2.75) is 44.8 Å². The monoisotopic (exact) mass is 280 g/mol. The van der Waals surface area contributed by atoms with Gasteiger partial charge in [0, 0.05) is 51.4 Å². The third-order valence-electron chi connectivity index (χ3n) is 5.27. The van der Waals surface area contributed by atoms with Gasteiger partial charge in [-0.2, -0.15) is 0 Å². The van der Waals surface area contributed by atoms with E-state index in [9.17, 15) is 4.79 Å². The number of fused-ring (bicyclic) bond motifs is 1. The van der Waals surface area contributed by atoms with Crippen LogP contribution in [0.1, 0.15) is 26.7 Å². The molecule has 3 aliphatic heterocycles. The Morgan fingerprint density at radius 2 is 1.95 bits per heavy atom. The number of carbonyl (C=O) groups is 1. The molecule has 1 amide bonds. The van der Waals surface area contributed by atoms with Gasteiger partial charge in [0.05, 0.1) is 6.04 Å². The summed E-state index contributed by atoms with van der Waals surface area (Å²) in [6, 6.07) is 1.21. The molecule has 5 heteroatoms. The summed E-state index contributed by atoms with van der Waals surface area (Å²) in [6.45, 7) is 11.4. The van der Waals surface area contributed by atoms with Crippen molar-refractivity contribution >= 4 is 5.91 Å². The van der Waals surface area contributed by atoms with Crippen LogP contribution in [-0.2, 0) is 4.79 Å². The largest absolute Gasteiger partial charge is 0.339 e. The Morgan fingerprint density at radius 1 is 1.20 bits per heavy atom. The summed E-state index contributed by atoms with van der Waals surface area (Å²) < 4.78 is 0. The molecule has 1 N–H and O–H groups in total. The lowest BCUT2D eigenvalue weighted by atomic mass is 10.0. The SMILES string of the molecule is CC1CN2CCCC2CN1C(C)C(=O)N1CCNCC1. The van der Waals surface area contributed by atoms with E-state index in [1.165, 1.54) is 19.4 Å². The number of hydrogen-bond donors (Lipinski definition) is 1. The van der Waals surface area contributed by atoms with Crippen molar-refractivity contribution in [3.05, 3.63) is 0 Å². The number of carbonyl (C=O) groups excluding carboxylic acids is 1. The number of nitrogens with one attached hydrogen (secondary N) is 1. The van der Waals surface area contributed by atoms with E-state index in [0.29, 0.717) is 18.0 Å². The minimum absolute atomic E-state index is 0.0332. The number of hydrogen-bond acceptors (Lipinski definition) is 4. The predicted molar refractivity (Wildman–Crippen MR) is 79.7 cm³/mol. The Kier molecular flexibility index (Phi) is 4.29. The summed E-state index contributed by atoms with van der Waals surface area (Å²) in [6.07, 6.45) is 2.63. The van der Waals surface area contributed by atoms with Crippen LogP contribution < -0.4 is 5.32 Å². The molecule has 0 aromatic rings. The van der Waals surface area contributed by atoms with Crippen LogP contribution >= 0.6 is 0 Å². The Balaban J connectivity index is 1.63. The number of rotatable bonds is 2. The van der Waals surface area contributed by atoms with E-state index in [0.717, 1.165) is 39.3 Å². The molecule has 0 aromatic heterocycles. The Labute approximate surface area is 122 Å². The zero-order chi connectivity index (χ0) is 14.1. The van der Waals surface area contributed by atoms with Crippen LogP contribution in [0.2, 0.25) is 0 Å². The average Bonchev–Trinajstić information content (AvgIpc) is 2.93. The van der Waals surface area contributed by atoms with Crippen LogP contribution in [0.3, 0.4) is 0 Å². The van der Waals surface area contributed by atoms with Crippen LogP contribution in [-0.4, -0.2) is 84.5 Å². The van der Waals surface area contributed by atoms with E-state index in [4.69, 9.17) is 0 Å². The van der Waals surface area contributed by atoms with Gasteiger partial charge in [-0.25, -0.2) is 0 Å². The molecule has 5 nitrogen and oxygen atoms in total. The minimum atomic E-state index is 0.0332.